The van der Waals surface area contributed by atoms with Gasteiger partial charge in [-0.1, -0.05) is 0 Å². The molecule has 0 unspecified atom stereocenters. The average molecular weight is 523 g/mol. The van der Waals surface area contributed by atoms with Gasteiger partial charge in [0.2, 0.25) is 11.5 Å². The van der Waals surface area contributed by atoms with E-state index in [-0.39, 0.29) is 5.75 Å². The van der Waals surface area contributed by atoms with Crippen molar-refractivity contribution in [1.29, 1.82) is 0 Å². The van der Waals surface area contributed by atoms with Crippen LogP contribution in [0.1, 0.15) is 0 Å². The second-order valence-electron chi connectivity index (χ2n) is 8.00. The highest BCUT2D eigenvalue weighted by molar-refractivity contribution is 5.83. The fourth-order valence-corrected chi connectivity index (χ4v) is 4.29. The van der Waals surface area contributed by atoms with Crippen LogP contribution >= 0.6 is 0 Å². The highest BCUT2D eigenvalue weighted by Crippen LogP contribution is 2.45. The Kier molecular flexibility index (Phi) is 7.71. The molecule has 0 amide bonds. The van der Waals surface area contributed by atoms with Crippen LogP contribution in [0.4, 0.5) is 0 Å². The molecule has 1 heterocycles. The van der Waals surface area contributed by atoms with Crippen molar-refractivity contribution in [3.05, 3.63) is 48.8 Å². The molecule has 1 N–H and O–H groups in total. The molecular weight excluding hydrogens is 492 g/mol. The van der Waals surface area contributed by atoms with Gasteiger partial charge in [0, 0.05) is 23.3 Å². The number of nitrogens with zero attached hydrogens (tertiary/aromatic N) is 2. The smallest absolute Gasteiger partial charge is 0.203 e. The van der Waals surface area contributed by atoms with E-state index < -0.39 is 0 Å². The molecule has 0 saturated heterocycles. The Morgan fingerprint density at radius 3 is 1.53 bits per heavy atom. The number of aromatic hydroxyl groups is 1. The lowest BCUT2D eigenvalue weighted by molar-refractivity contribution is 0.324. The number of phenols is 1. The number of rotatable bonds is 10. The van der Waals surface area contributed by atoms with Crippen LogP contribution in [0.2, 0.25) is 0 Å². The third-order valence-electron chi connectivity index (χ3n) is 6.09. The molecule has 1 aromatic heterocycles. The summed E-state index contributed by atoms with van der Waals surface area (Å²) in [4.78, 5) is 4.76. The molecule has 0 aliphatic carbocycles. The molecule has 4 rings (SSSR count). The molecule has 0 atom stereocenters. The van der Waals surface area contributed by atoms with Crippen molar-refractivity contribution >= 4 is 0 Å². The number of benzene rings is 3. The van der Waals surface area contributed by atoms with Crippen LogP contribution in [0.15, 0.2) is 48.8 Å². The fraction of sp³-hybridized carbons (Fsp3) is 0.250. The molecule has 0 spiro atoms. The van der Waals surface area contributed by atoms with E-state index in [0.717, 1.165) is 0 Å². The van der Waals surface area contributed by atoms with Crippen molar-refractivity contribution in [3.8, 4) is 74.2 Å². The summed E-state index contributed by atoms with van der Waals surface area (Å²) in [7, 11) is 10.8. The lowest BCUT2D eigenvalue weighted by Crippen LogP contribution is -2.01. The minimum Gasteiger partial charge on any atom is -0.504 e. The molecule has 4 aromatic rings. The largest absolute Gasteiger partial charge is 0.504 e. The predicted octanol–water partition coefficient (Wildman–Crippen LogP) is 4.97. The zero-order chi connectivity index (χ0) is 27.4. The molecule has 200 valence electrons. The van der Waals surface area contributed by atoms with Crippen LogP contribution < -0.4 is 33.2 Å². The molecule has 0 bridgehead atoms. The summed E-state index contributed by atoms with van der Waals surface area (Å²) in [6.45, 7) is 0. The Hall–Kier alpha value is -4.73. The zero-order valence-corrected chi connectivity index (χ0v) is 22.3. The van der Waals surface area contributed by atoms with Gasteiger partial charge in [-0.25, -0.2) is 4.98 Å². The van der Waals surface area contributed by atoms with Crippen LogP contribution in [0.25, 0.3) is 28.2 Å². The summed E-state index contributed by atoms with van der Waals surface area (Å²) in [6.07, 6.45) is 1.68. The van der Waals surface area contributed by atoms with E-state index in [2.05, 4.69) is 0 Å². The molecule has 38 heavy (non-hydrogen) atoms. The quantitative estimate of drug-likeness (QED) is 0.309. The lowest BCUT2D eigenvalue weighted by atomic mass is 10.0. The molecular formula is C28H30N2O8. The van der Waals surface area contributed by atoms with Crippen LogP contribution in [0.5, 0.6) is 46.0 Å². The summed E-state index contributed by atoms with van der Waals surface area (Å²) in [5.41, 5.74) is 3.35. The van der Waals surface area contributed by atoms with E-state index in [4.69, 9.17) is 38.1 Å². The maximum absolute atomic E-state index is 10.6. The molecule has 0 saturated carbocycles. The molecule has 0 radical (unpaired) electrons. The van der Waals surface area contributed by atoms with E-state index in [9.17, 15) is 5.11 Å². The van der Waals surface area contributed by atoms with E-state index in [1.165, 1.54) is 7.11 Å². The summed E-state index contributed by atoms with van der Waals surface area (Å²) < 4.78 is 40.4. The standard InChI is InChI=1S/C28H30N2O8/c1-32-20-9-8-16(10-19(20)31)26-25(17-11-21(33-2)27(37-6)22(12-17)34-3)29-15-30(26)18-13-23(35-4)28(38-7)24(14-18)36-5/h8-15,31H,1-7H3. The van der Waals surface area contributed by atoms with Gasteiger partial charge in [0.15, 0.2) is 34.5 Å². The third kappa shape index (κ3) is 4.56. The monoisotopic (exact) mass is 522 g/mol. The maximum Gasteiger partial charge on any atom is 0.203 e. The Balaban J connectivity index is 2.04. The van der Waals surface area contributed by atoms with E-state index in [1.54, 1.807) is 61.1 Å². The fourth-order valence-electron chi connectivity index (χ4n) is 4.29. The molecule has 10 heteroatoms. The molecule has 0 aliphatic rings. The number of ether oxygens (including phenoxy) is 7. The second kappa shape index (κ2) is 11.1. The first-order valence-electron chi connectivity index (χ1n) is 11.5. The second-order valence-corrected chi connectivity index (χ2v) is 8.00. The summed E-state index contributed by atoms with van der Waals surface area (Å²) in [6, 6.07) is 12.4. The number of hydrogen-bond acceptors (Lipinski definition) is 9. The van der Waals surface area contributed by atoms with Gasteiger partial charge in [-0.2, -0.15) is 0 Å². The van der Waals surface area contributed by atoms with Crippen molar-refractivity contribution in [2.75, 3.05) is 49.8 Å². The summed E-state index contributed by atoms with van der Waals surface area (Å²) >= 11 is 0. The van der Waals surface area contributed by atoms with Crippen LogP contribution in [0.3, 0.4) is 0 Å². The summed E-state index contributed by atoms with van der Waals surface area (Å²) in [5, 5.41) is 10.6. The highest BCUT2D eigenvalue weighted by atomic mass is 16.5. The number of phenolic OH excluding ortho intramolecular Hbond substituents is 1. The Labute approximate surface area is 220 Å². The van der Waals surface area contributed by atoms with Gasteiger partial charge in [0.25, 0.3) is 0 Å². The average Bonchev–Trinajstić information content (AvgIpc) is 3.40. The van der Waals surface area contributed by atoms with Crippen molar-refractivity contribution in [3.63, 3.8) is 0 Å². The SMILES string of the molecule is COc1ccc(-c2c(-c3cc(OC)c(OC)c(OC)c3)ncn2-c2cc(OC)c(OC)c(OC)c2)cc1O. The number of aromatic nitrogens is 2. The van der Waals surface area contributed by atoms with E-state index in [1.807, 2.05) is 34.9 Å². The Morgan fingerprint density at radius 2 is 1.08 bits per heavy atom. The minimum absolute atomic E-state index is 0.0153. The topological polar surface area (TPSA) is 103 Å². The van der Waals surface area contributed by atoms with Gasteiger partial charge >= 0.3 is 0 Å². The predicted molar refractivity (Wildman–Crippen MR) is 142 cm³/mol. The molecule has 10 nitrogen and oxygen atoms in total. The van der Waals surface area contributed by atoms with Crippen molar-refractivity contribution in [1.82, 2.24) is 9.55 Å². The van der Waals surface area contributed by atoms with Gasteiger partial charge in [-0.3, -0.25) is 4.57 Å². The number of hydrogen-bond donors (Lipinski definition) is 1. The van der Waals surface area contributed by atoms with Crippen molar-refractivity contribution in [2.24, 2.45) is 0 Å². The van der Waals surface area contributed by atoms with Gasteiger partial charge in [0.05, 0.1) is 66.8 Å². The summed E-state index contributed by atoms with van der Waals surface area (Å²) in [5.74, 6) is 3.18. The third-order valence-corrected chi connectivity index (χ3v) is 6.09. The van der Waals surface area contributed by atoms with E-state index >= 15 is 0 Å². The zero-order valence-electron chi connectivity index (χ0n) is 22.3. The molecule has 3 aromatic carbocycles. The minimum atomic E-state index is -0.0153. The lowest BCUT2D eigenvalue weighted by Gasteiger charge is -2.17. The Bertz CT molecular complexity index is 1320. The van der Waals surface area contributed by atoms with Gasteiger partial charge in [-0.05, 0) is 30.3 Å². The number of methoxy groups -OCH3 is 7. The normalized spacial score (nSPS) is 10.6. The van der Waals surface area contributed by atoms with Crippen LogP contribution in [-0.2, 0) is 0 Å². The Morgan fingerprint density at radius 1 is 0.579 bits per heavy atom. The first kappa shape index (κ1) is 26.3. The van der Waals surface area contributed by atoms with Crippen molar-refractivity contribution < 1.29 is 38.3 Å². The molecule has 0 aliphatic heterocycles. The number of imidazole rings is 1. The van der Waals surface area contributed by atoms with Gasteiger partial charge in [-0.15, -0.1) is 0 Å². The molecule has 0 fully saturated rings. The van der Waals surface area contributed by atoms with Crippen LogP contribution in [-0.4, -0.2) is 64.4 Å². The highest BCUT2D eigenvalue weighted by Gasteiger charge is 2.23. The maximum atomic E-state index is 10.6. The van der Waals surface area contributed by atoms with Gasteiger partial charge < -0.3 is 38.3 Å². The first-order valence-corrected chi connectivity index (χ1v) is 11.5. The van der Waals surface area contributed by atoms with Gasteiger partial charge in [0.1, 0.15) is 6.33 Å². The van der Waals surface area contributed by atoms with Crippen molar-refractivity contribution in [2.45, 2.75) is 0 Å². The van der Waals surface area contributed by atoms with E-state index in [0.29, 0.717) is 68.4 Å². The first-order chi connectivity index (χ1) is 18.4. The van der Waals surface area contributed by atoms with Crippen LogP contribution in [0, 0.1) is 0 Å².